The van der Waals surface area contributed by atoms with E-state index in [0.717, 1.165) is 36.1 Å². The zero-order valence-corrected chi connectivity index (χ0v) is 21.8. The number of rotatable bonds is 7. The molecule has 0 radical (unpaired) electrons. The molecule has 6 heteroatoms. The minimum Gasteiger partial charge on any atom is -1.00 e. The lowest BCUT2D eigenvalue weighted by Gasteiger charge is -2.43. The van der Waals surface area contributed by atoms with Crippen LogP contribution in [0.25, 0.3) is 0 Å². The maximum atomic E-state index is 12.8. The molecule has 1 atom stereocenters. The van der Waals surface area contributed by atoms with Crippen LogP contribution in [-0.2, 0) is 6.42 Å². The van der Waals surface area contributed by atoms with E-state index in [-0.39, 0.29) is 24.4 Å². The minimum atomic E-state index is 0. The third-order valence-corrected chi connectivity index (χ3v) is 7.47. The molecule has 3 nitrogen and oxygen atoms in total. The lowest BCUT2D eigenvalue weighted by molar-refractivity contribution is -0.916. The second kappa shape index (κ2) is 11.7. The van der Waals surface area contributed by atoms with E-state index in [1.54, 1.807) is 0 Å². The summed E-state index contributed by atoms with van der Waals surface area (Å²) in [6.45, 7) is 9.67. The van der Waals surface area contributed by atoms with Crippen molar-refractivity contribution in [2.45, 2.75) is 46.1 Å². The number of carbonyl (C=O) groups excluding carboxylic acids is 1. The molecule has 0 aromatic heterocycles. The first-order valence-electron chi connectivity index (χ1n) is 11.3. The average Bonchev–Trinajstić information content (AvgIpc) is 2.72. The van der Waals surface area contributed by atoms with Crippen LogP contribution in [0, 0.1) is 18.8 Å². The van der Waals surface area contributed by atoms with Crippen molar-refractivity contribution >= 4 is 29.1 Å². The van der Waals surface area contributed by atoms with Gasteiger partial charge in [-0.1, -0.05) is 60.8 Å². The highest BCUT2D eigenvalue weighted by atomic mass is 35.5. The number of aryl methyl sites for hydroxylation is 1. The molecule has 1 heterocycles. The van der Waals surface area contributed by atoms with Crippen molar-refractivity contribution in [3.05, 3.63) is 69.2 Å². The third kappa shape index (κ3) is 7.38. The van der Waals surface area contributed by atoms with E-state index >= 15 is 0 Å². The number of nitrogens with zero attached hydrogens (tertiary/aromatic N) is 1. The number of amides is 1. The third-order valence-electron chi connectivity index (χ3n) is 6.74. The second-order valence-corrected chi connectivity index (χ2v) is 10.6. The first-order chi connectivity index (χ1) is 14.6. The molecule has 1 aliphatic rings. The molecule has 1 saturated heterocycles. The Bertz CT molecular complexity index is 890. The van der Waals surface area contributed by atoms with Gasteiger partial charge >= 0.3 is 0 Å². The fourth-order valence-electron chi connectivity index (χ4n) is 4.49. The van der Waals surface area contributed by atoms with Crippen molar-refractivity contribution in [3.8, 4) is 0 Å². The molecule has 3 rings (SSSR count). The van der Waals surface area contributed by atoms with Crippen molar-refractivity contribution in [2.24, 2.45) is 11.8 Å². The van der Waals surface area contributed by atoms with Gasteiger partial charge in [0.1, 0.15) is 0 Å². The number of quaternary nitrogens is 1. The molecule has 1 fully saturated rings. The van der Waals surface area contributed by atoms with Gasteiger partial charge in [-0.25, -0.2) is 0 Å². The number of carbonyl (C=O) groups is 1. The Hall–Kier alpha value is -1.26. The summed E-state index contributed by atoms with van der Waals surface area (Å²) in [5, 5.41) is 4.56. The van der Waals surface area contributed by atoms with Crippen molar-refractivity contribution in [2.75, 3.05) is 26.7 Å². The van der Waals surface area contributed by atoms with Crippen LogP contribution in [0.5, 0.6) is 0 Å². The predicted molar refractivity (Wildman–Crippen MR) is 131 cm³/mol. The van der Waals surface area contributed by atoms with Gasteiger partial charge in [-0.05, 0) is 67.9 Å². The van der Waals surface area contributed by atoms with Crippen LogP contribution in [0.15, 0.2) is 42.5 Å². The summed E-state index contributed by atoms with van der Waals surface area (Å²) in [6, 6.07) is 13.9. The van der Waals surface area contributed by atoms with Crippen LogP contribution in [0.1, 0.15) is 48.2 Å². The van der Waals surface area contributed by atoms with Crippen molar-refractivity contribution in [3.63, 3.8) is 0 Å². The molecule has 0 spiro atoms. The summed E-state index contributed by atoms with van der Waals surface area (Å²) >= 11 is 12.2. The van der Waals surface area contributed by atoms with Gasteiger partial charge in [0, 0.05) is 5.56 Å². The molecule has 0 unspecified atom stereocenters. The number of likely N-dealkylation sites (tertiary alicyclic amines) is 1. The molecule has 32 heavy (non-hydrogen) atoms. The predicted octanol–water partition coefficient (Wildman–Crippen LogP) is 3.16. The van der Waals surface area contributed by atoms with Crippen LogP contribution in [-0.4, -0.2) is 43.1 Å². The minimum absolute atomic E-state index is 0. The second-order valence-electron chi connectivity index (χ2n) is 9.84. The standard InChI is InChI=1S/C26H34Cl2N2O.ClH/c1-18(2)25(29-26(31)22-8-5-19(3)6-9-22)17-30(4)13-11-20(12-14-30)15-21-7-10-23(27)24(28)16-21;/h5-10,16,18,20,25H,11-15,17H2,1-4H3;1H/t20?,25-,30?;/m1./s1. The van der Waals surface area contributed by atoms with Crippen molar-refractivity contribution in [1.29, 1.82) is 0 Å². The molecular formula is C26H35Cl3N2O. The van der Waals surface area contributed by atoms with E-state index in [4.69, 9.17) is 23.2 Å². The smallest absolute Gasteiger partial charge is 0.251 e. The fourth-order valence-corrected chi connectivity index (χ4v) is 4.81. The van der Waals surface area contributed by atoms with Gasteiger partial charge in [0.15, 0.2) is 0 Å². The first-order valence-corrected chi connectivity index (χ1v) is 12.1. The Balaban J connectivity index is 0.00000363. The van der Waals surface area contributed by atoms with Gasteiger partial charge in [0.25, 0.3) is 5.91 Å². The Morgan fingerprint density at radius 3 is 2.25 bits per heavy atom. The van der Waals surface area contributed by atoms with Crippen LogP contribution >= 0.6 is 23.2 Å². The van der Waals surface area contributed by atoms with Gasteiger partial charge in [-0.15, -0.1) is 0 Å². The van der Waals surface area contributed by atoms with Gasteiger partial charge in [-0.2, -0.15) is 0 Å². The summed E-state index contributed by atoms with van der Waals surface area (Å²) < 4.78 is 1.01. The monoisotopic (exact) mass is 496 g/mol. The maximum absolute atomic E-state index is 12.8. The molecule has 0 bridgehead atoms. The number of hydrogen-bond acceptors (Lipinski definition) is 1. The molecule has 0 saturated carbocycles. The molecular weight excluding hydrogens is 463 g/mol. The van der Waals surface area contributed by atoms with Crippen molar-refractivity contribution < 1.29 is 21.7 Å². The van der Waals surface area contributed by atoms with Crippen LogP contribution in [0.2, 0.25) is 10.0 Å². The lowest BCUT2D eigenvalue weighted by atomic mass is 9.88. The molecule has 0 aliphatic carbocycles. The van der Waals surface area contributed by atoms with Gasteiger partial charge < -0.3 is 22.2 Å². The topological polar surface area (TPSA) is 29.1 Å². The van der Waals surface area contributed by atoms with Gasteiger partial charge in [0.05, 0.1) is 42.8 Å². The summed E-state index contributed by atoms with van der Waals surface area (Å²) in [5.41, 5.74) is 3.17. The highest BCUT2D eigenvalue weighted by molar-refractivity contribution is 6.42. The first kappa shape index (κ1) is 27.0. The van der Waals surface area contributed by atoms with Gasteiger partial charge in [0.2, 0.25) is 0 Å². The number of piperidine rings is 1. The molecule has 2 aromatic carbocycles. The number of nitrogens with one attached hydrogen (secondary N) is 1. The van der Waals surface area contributed by atoms with Crippen LogP contribution < -0.4 is 17.7 Å². The number of halogens is 3. The SMILES string of the molecule is Cc1ccc(C(=O)N[C@H](C[N+]2(C)CCC(Cc3ccc(Cl)c(Cl)c3)CC2)C(C)C)cc1.[Cl-]. The Kier molecular flexibility index (Phi) is 9.90. The quantitative estimate of drug-likeness (QED) is 0.585. The highest BCUT2D eigenvalue weighted by Gasteiger charge is 2.34. The van der Waals surface area contributed by atoms with E-state index < -0.39 is 0 Å². The van der Waals surface area contributed by atoms with E-state index in [9.17, 15) is 4.79 Å². The average molecular weight is 498 g/mol. The Morgan fingerprint density at radius 2 is 1.69 bits per heavy atom. The van der Waals surface area contributed by atoms with Crippen LogP contribution in [0.3, 0.4) is 0 Å². The molecule has 176 valence electrons. The maximum Gasteiger partial charge on any atom is 0.251 e. The fraction of sp³-hybridized carbons (Fsp3) is 0.500. The number of benzene rings is 2. The largest absolute Gasteiger partial charge is 1.00 e. The summed E-state index contributed by atoms with van der Waals surface area (Å²) in [6.07, 6.45) is 3.43. The highest BCUT2D eigenvalue weighted by Crippen LogP contribution is 2.29. The summed E-state index contributed by atoms with van der Waals surface area (Å²) in [7, 11) is 2.34. The van der Waals surface area contributed by atoms with E-state index in [2.05, 4.69) is 32.3 Å². The summed E-state index contributed by atoms with van der Waals surface area (Å²) in [5.74, 6) is 1.08. The van der Waals surface area contributed by atoms with Crippen LogP contribution in [0.4, 0.5) is 0 Å². The zero-order valence-electron chi connectivity index (χ0n) is 19.5. The Labute approximate surface area is 209 Å². The molecule has 1 N–H and O–H groups in total. The Morgan fingerprint density at radius 1 is 1.06 bits per heavy atom. The molecule has 1 amide bonds. The number of likely N-dealkylation sites (N-methyl/N-ethyl adjacent to an activating group) is 1. The lowest BCUT2D eigenvalue weighted by Crippen LogP contribution is -3.00. The number of hydrogen-bond donors (Lipinski definition) is 1. The molecule has 1 aliphatic heterocycles. The van der Waals surface area contributed by atoms with E-state index in [1.807, 2.05) is 43.3 Å². The van der Waals surface area contributed by atoms with Gasteiger partial charge in [-0.3, -0.25) is 4.79 Å². The molecule has 2 aromatic rings. The van der Waals surface area contributed by atoms with E-state index in [1.165, 1.54) is 24.0 Å². The van der Waals surface area contributed by atoms with E-state index in [0.29, 0.717) is 21.9 Å². The summed E-state index contributed by atoms with van der Waals surface area (Å²) in [4.78, 5) is 12.8. The normalized spacial score (nSPS) is 21.7. The zero-order chi connectivity index (χ0) is 22.6. The van der Waals surface area contributed by atoms with Crippen molar-refractivity contribution in [1.82, 2.24) is 5.32 Å².